The quantitative estimate of drug-likeness (QED) is 0.662. The first-order valence-corrected chi connectivity index (χ1v) is 12.0. The Bertz CT molecular complexity index is 1100. The number of aromatic nitrogens is 2. The van der Waals surface area contributed by atoms with E-state index in [-0.39, 0.29) is 18.1 Å². The van der Waals surface area contributed by atoms with Crippen LogP contribution in [0.1, 0.15) is 46.8 Å². The van der Waals surface area contributed by atoms with Gasteiger partial charge in [-0.15, -0.1) is 0 Å². The van der Waals surface area contributed by atoms with Crippen molar-refractivity contribution >= 4 is 6.03 Å². The van der Waals surface area contributed by atoms with Gasteiger partial charge in [-0.05, 0) is 42.9 Å². The summed E-state index contributed by atoms with van der Waals surface area (Å²) < 4.78 is 1.89. The zero-order valence-electron chi connectivity index (χ0n) is 19.6. The number of nitrogens with one attached hydrogen (secondary N) is 1. The molecule has 6 nitrogen and oxygen atoms in total. The number of likely N-dealkylation sites (tertiary alicyclic amines) is 1. The highest BCUT2D eigenvalue weighted by molar-refractivity contribution is 5.76. The molecule has 0 radical (unpaired) electrons. The molecular weight excluding hydrogens is 410 g/mol. The van der Waals surface area contributed by atoms with Crippen LogP contribution in [0.25, 0.3) is 0 Å². The van der Waals surface area contributed by atoms with Crippen LogP contribution in [0.3, 0.4) is 0 Å². The van der Waals surface area contributed by atoms with Crippen molar-refractivity contribution in [3.05, 3.63) is 88.7 Å². The predicted octanol–water partition coefficient (Wildman–Crippen LogP) is 4.05. The molecule has 172 valence electrons. The molecule has 3 heterocycles. The lowest BCUT2D eigenvalue weighted by molar-refractivity contribution is 0.0997. The number of piperidine rings is 1. The van der Waals surface area contributed by atoms with Gasteiger partial charge in [0.1, 0.15) is 0 Å². The average Bonchev–Trinajstić information content (AvgIpc) is 3.14. The Kier molecular flexibility index (Phi) is 6.18. The van der Waals surface area contributed by atoms with Crippen molar-refractivity contribution in [3.8, 4) is 0 Å². The summed E-state index contributed by atoms with van der Waals surface area (Å²) >= 11 is 0. The van der Waals surface area contributed by atoms with E-state index < -0.39 is 0 Å². The first kappa shape index (κ1) is 21.7. The van der Waals surface area contributed by atoms with Gasteiger partial charge in [0.15, 0.2) is 0 Å². The second-order valence-electron chi connectivity index (χ2n) is 9.32. The van der Waals surface area contributed by atoms with E-state index in [0.29, 0.717) is 6.54 Å². The number of amides is 2. The molecule has 1 unspecified atom stereocenters. The molecule has 6 heteroatoms. The maximum absolute atomic E-state index is 13.5. The summed E-state index contributed by atoms with van der Waals surface area (Å²) in [6, 6.07) is 19.3. The van der Waals surface area contributed by atoms with Gasteiger partial charge in [-0.1, -0.05) is 54.6 Å². The van der Waals surface area contributed by atoms with Gasteiger partial charge in [0.05, 0.1) is 11.7 Å². The smallest absolute Gasteiger partial charge is 0.318 e. The maximum atomic E-state index is 13.5. The maximum Gasteiger partial charge on any atom is 0.318 e. The second-order valence-corrected chi connectivity index (χ2v) is 9.32. The van der Waals surface area contributed by atoms with Crippen LogP contribution in [0.5, 0.6) is 0 Å². The zero-order valence-corrected chi connectivity index (χ0v) is 19.6. The van der Waals surface area contributed by atoms with Crippen molar-refractivity contribution in [3.63, 3.8) is 0 Å². The van der Waals surface area contributed by atoms with E-state index in [1.807, 2.05) is 17.8 Å². The van der Waals surface area contributed by atoms with Gasteiger partial charge in [-0.2, -0.15) is 5.10 Å². The molecule has 0 spiro atoms. The predicted molar refractivity (Wildman–Crippen MR) is 130 cm³/mol. The minimum atomic E-state index is -0.0696. The van der Waals surface area contributed by atoms with Crippen LogP contribution in [0.4, 0.5) is 4.79 Å². The molecule has 2 aliphatic rings. The number of nitrogens with zero attached hydrogens (tertiary/aromatic N) is 4. The Labute approximate surface area is 196 Å². The molecule has 0 bridgehead atoms. The number of carbonyl (C=O) groups is 1. The fraction of sp³-hybridized carbons (Fsp3) is 0.407. The van der Waals surface area contributed by atoms with Gasteiger partial charge < -0.3 is 10.2 Å². The average molecular weight is 444 g/mol. The third-order valence-corrected chi connectivity index (χ3v) is 7.11. The largest absolute Gasteiger partial charge is 0.338 e. The first-order valence-electron chi connectivity index (χ1n) is 12.0. The van der Waals surface area contributed by atoms with Crippen LogP contribution in [-0.2, 0) is 20.0 Å². The second kappa shape index (κ2) is 9.40. The molecule has 0 saturated carbocycles. The Morgan fingerprint density at radius 2 is 1.76 bits per heavy atom. The van der Waals surface area contributed by atoms with Crippen molar-refractivity contribution in [1.82, 2.24) is 24.9 Å². The molecule has 5 rings (SSSR count). The van der Waals surface area contributed by atoms with Crippen LogP contribution in [0.15, 0.2) is 60.8 Å². The highest BCUT2D eigenvalue weighted by Crippen LogP contribution is 2.36. The number of carbonyl (C=O) groups excluding carboxylic acids is 1. The van der Waals surface area contributed by atoms with Gasteiger partial charge in [-0.25, -0.2) is 4.79 Å². The van der Waals surface area contributed by atoms with Crippen molar-refractivity contribution in [2.24, 2.45) is 7.05 Å². The monoisotopic (exact) mass is 443 g/mol. The minimum absolute atomic E-state index is 0.0555. The zero-order chi connectivity index (χ0) is 22.8. The molecule has 1 atom stereocenters. The van der Waals surface area contributed by atoms with E-state index in [4.69, 9.17) is 0 Å². The number of urea groups is 1. The molecule has 2 aliphatic heterocycles. The van der Waals surface area contributed by atoms with Gasteiger partial charge in [0.2, 0.25) is 0 Å². The summed E-state index contributed by atoms with van der Waals surface area (Å²) in [7, 11) is 1.98. The standard InChI is InChI=1S/C27H33N5O/c1-20-23(18-30(2)29-20)19-31-16-13-24(14-17-31)32-26(22-9-4-3-5-10-22)25-11-7-6-8-21(25)12-15-28-27(32)33/h3-11,18,24,26H,12-17,19H2,1-2H3,(H,28,33). The molecule has 1 N–H and O–H groups in total. The summed E-state index contributed by atoms with van der Waals surface area (Å²) in [6.45, 7) is 5.63. The van der Waals surface area contributed by atoms with Crippen LogP contribution in [-0.4, -0.2) is 51.3 Å². The topological polar surface area (TPSA) is 53.4 Å². The SMILES string of the molecule is Cc1nn(C)cc1CN1CCC(N2C(=O)NCCc3ccccc3C2c2ccccc2)CC1. The number of benzene rings is 2. The molecule has 2 aromatic carbocycles. The highest BCUT2D eigenvalue weighted by Gasteiger charge is 2.36. The summed E-state index contributed by atoms with van der Waals surface area (Å²) in [5, 5.41) is 7.68. The Morgan fingerprint density at radius 1 is 1.03 bits per heavy atom. The van der Waals surface area contributed by atoms with Gasteiger partial charge >= 0.3 is 6.03 Å². The highest BCUT2D eigenvalue weighted by atomic mass is 16.2. The fourth-order valence-electron chi connectivity index (χ4n) is 5.44. The molecule has 3 aromatic rings. The molecule has 1 aromatic heterocycles. The lowest BCUT2D eigenvalue weighted by Crippen LogP contribution is -2.53. The van der Waals surface area contributed by atoms with Crippen LogP contribution < -0.4 is 5.32 Å². The molecule has 1 fully saturated rings. The lowest BCUT2D eigenvalue weighted by Gasteiger charge is -2.44. The summed E-state index contributed by atoms with van der Waals surface area (Å²) in [6.07, 6.45) is 4.92. The van der Waals surface area contributed by atoms with Crippen molar-refractivity contribution < 1.29 is 4.79 Å². The molecule has 2 amide bonds. The van der Waals surface area contributed by atoms with Gasteiger partial charge in [0.25, 0.3) is 0 Å². The number of hydrogen-bond acceptors (Lipinski definition) is 3. The Balaban J connectivity index is 1.42. The van der Waals surface area contributed by atoms with Crippen LogP contribution in [0.2, 0.25) is 0 Å². The normalized spacial score (nSPS) is 20.1. The molecule has 0 aliphatic carbocycles. The molecule has 33 heavy (non-hydrogen) atoms. The minimum Gasteiger partial charge on any atom is -0.338 e. The van der Waals surface area contributed by atoms with Crippen LogP contribution >= 0.6 is 0 Å². The van der Waals surface area contributed by atoms with E-state index in [1.54, 1.807) is 0 Å². The number of fused-ring (bicyclic) bond motifs is 1. The number of aryl methyl sites for hydroxylation is 2. The molecule has 1 saturated heterocycles. The van der Waals surface area contributed by atoms with Crippen LogP contribution in [0, 0.1) is 6.92 Å². The van der Waals surface area contributed by atoms with E-state index >= 15 is 0 Å². The Morgan fingerprint density at radius 3 is 2.48 bits per heavy atom. The first-order chi connectivity index (χ1) is 16.1. The van der Waals surface area contributed by atoms with E-state index in [0.717, 1.165) is 44.6 Å². The van der Waals surface area contributed by atoms with Crippen molar-refractivity contribution in [2.75, 3.05) is 19.6 Å². The summed E-state index contributed by atoms with van der Waals surface area (Å²) in [5.41, 5.74) is 6.14. The summed E-state index contributed by atoms with van der Waals surface area (Å²) in [4.78, 5) is 18.1. The van der Waals surface area contributed by atoms with Gasteiger partial charge in [-0.3, -0.25) is 9.58 Å². The van der Waals surface area contributed by atoms with Crippen molar-refractivity contribution in [1.29, 1.82) is 0 Å². The number of hydrogen-bond donors (Lipinski definition) is 1. The van der Waals surface area contributed by atoms with E-state index in [2.05, 4.69) is 81.9 Å². The summed E-state index contributed by atoms with van der Waals surface area (Å²) in [5.74, 6) is 0. The third-order valence-electron chi connectivity index (χ3n) is 7.11. The van der Waals surface area contributed by atoms with Crippen molar-refractivity contribution in [2.45, 2.75) is 44.8 Å². The molecular formula is C27H33N5O. The third kappa shape index (κ3) is 4.53. The van der Waals surface area contributed by atoms with E-state index in [9.17, 15) is 4.79 Å². The van der Waals surface area contributed by atoms with E-state index in [1.165, 1.54) is 22.3 Å². The number of rotatable bonds is 4. The van der Waals surface area contributed by atoms with Gasteiger partial charge in [0, 0.05) is 51.0 Å². The Hall–Kier alpha value is -3.12. The lowest BCUT2D eigenvalue weighted by atomic mass is 9.89. The fourth-order valence-corrected chi connectivity index (χ4v) is 5.44.